The Kier molecular flexibility index (Phi) is 38.4. The molecular formula is C63H106N2. The molecule has 2 aromatic carbocycles. The topological polar surface area (TPSA) is 24.7 Å². The van der Waals surface area contributed by atoms with Crippen molar-refractivity contribution in [3.63, 3.8) is 0 Å². The second-order valence-corrected chi connectivity index (χ2v) is 20.1. The third-order valence-corrected chi connectivity index (χ3v) is 13.5. The molecule has 0 amide bonds. The van der Waals surface area contributed by atoms with Crippen LogP contribution in [0.25, 0.3) is 0 Å². The van der Waals surface area contributed by atoms with E-state index in [0.717, 1.165) is 67.7 Å². The molecule has 0 saturated heterocycles. The summed E-state index contributed by atoms with van der Waals surface area (Å²) < 4.78 is 0. The smallest absolute Gasteiger partial charge is 0.135 e. The van der Waals surface area contributed by atoms with E-state index >= 15 is 0 Å². The summed E-state index contributed by atoms with van der Waals surface area (Å²) in [5.41, 5.74) is 9.99. The van der Waals surface area contributed by atoms with Gasteiger partial charge in [-0.25, -0.2) is 4.99 Å². The number of benzene rings is 2. The van der Waals surface area contributed by atoms with Crippen molar-refractivity contribution in [1.29, 1.82) is 0 Å². The molecule has 0 aliphatic heterocycles. The quantitative estimate of drug-likeness (QED) is 0.0360. The van der Waals surface area contributed by atoms with Gasteiger partial charge in [-0.2, -0.15) is 0 Å². The minimum Gasteiger partial charge on any atom is -0.250 e. The van der Waals surface area contributed by atoms with Gasteiger partial charge in [-0.15, -0.1) is 0 Å². The second kappa shape index (κ2) is 42.7. The molecule has 65 heavy (non-hydrogen) atoms. The zero-order chi connectivity index (χ0) is 46.7. The lowest BCUT2D eigenvalue weighted by molar-refractivity contribution is 0.528. The maximum Gasteiger partial charge on any atom is 0.135 e. The van der Waals surface area contributed by atoms with Gasteiger partial charge in [0.05, 0.1) is 17.1 Å². The normalized spacial score (nSPS) is 12.0. The van der Waals surface area contributed by atoms with Gasteiger partial charge < -0.3 is 0 Å². The number of rotatable bonds is 43. The maximum atomic E-state index is 5.62. The molecular weight excluding hydrogens is 785 g/mol. The fourth-order valence-electron chi connectivity index (χ4n) is 9.34. The Bertz CT molecular complexity index is 1480. The number of aryl methyl sites for hydroxylation is 4. The van der Waals surface area contributed by atoms with Crippen LogP contribution in [-0.4, -0.2) is 11.4 Å². The SMILES string of the molecule is CCCCCCCCCCCCCCCCCCCC#CC(=Nc1cc(CCCCC)cc(CCCCC)c1)C(CCCCCCCC)=Nc1cc(CCCCC)cc(CCCCC)c1. The van der Waals surface area contributed by atoms with Crippen molar-refractivity contribution in [3.05, 3.63) is 58.7 Å². The standard InChI is InChI=1S/C63H106N2/c1-7-13-19-21-23-24-25-26-27-28-29-30-31-32-33-34-35-37-43-49-63(65-61-54-58(46-40-17-11-5)51-59(55-61)47-41-18-12-6)62(48-42-36-22-20-14-8-2)64-60-52-56(44-38-15-9-3)50-57(53-60)45-39-16-10-4/h50-55H,7-42,44-48H2,1-6H3. The van der Waals surface area contributed by atoms with Crippen molar-refractivity contribution in [2.45, 2.75) is 305 Å². The van der Waals surface area contributed by atoms with Crippen LogP contribution in [0.15, 0.2) is 46.4 Å². The van der Waals surface area contributed by atoms with Crippen LogP contribution < -0.4 is 0 Å². The predicted molar refractivity (Wildman–Crippen MR) is 295 cm³/mol. The molecule has 0 aliphatic carbocycles. The fraction of sp³-hybridized carbons (Fsp3) is 0.746. The van der Waals surface area contributed by atoms with Crippen LogP contribution in [0.2, 0.25) is 0 Å². The lowest BCUT2D eigenvalue weighted by Gasteiger charge is -2.12. The first kappa shape index (κ1) is 58.5. The Morgan fingerprint density at radius 2 is 0.615 bits per heavy atom. The lowest BCUT2D eigenvalue weighted by atomic mass is 9.99. The highest BCUT2D eigenvalue weighted by atomic mass is 14.8. The van der Waals surface area contributed by atoms with E-state index in [1.54, 1.807) is 0 Å². The van der Waals surface area contributed by atoms with Crippen molar-refractivity contribution in [2.24, 2.45) is 9.98 Å². The van der Waals surface area contributed by atoms with Gasteiger partial charge >= 0.3 is 0 Å². The van der Waals surface area contributed by atoms with Crippen LogP contribution in [0.5, 0.6) is 0 Å². The second-order valence-electron chi connectivity index (χ2n) is 20.1. The molecule has 2 nitrogen and oxygen atoms in total. The third kappa shape index (κ3) is 31.9. The van der Waals surface area contributed by atoms with Gasteiger partial charge in [-0.05, 0) is 123 Å². The third-order valence-electron chi connectivity index (χ3n) is 13.5. The number of hydrogen-bond donors (Lipinski definition) is 0. The van der Waals surface area contributed by atoms with Gasteiger partial charge in [0.25, 0.3) is 0 Å². The molecule has 0 unspecified atom stereocenters. The van der Waals surface area contributed by atoms with Gasteiger partial charge in [0.2, 0.25) is 0 Å². The molecule has 2 aromatic rings. The molecule has 0 N–H and O–H groups in total. The van der Waals surface area contributed by atoms with E-state index in [-0.39, 0.29) is 0 Å². The summed E-state index contributed by atoms with van der Waals surface area (Å²) in [7, 11) is 0. The highest BCUT2D eigenvalue weighted by molar-refractivity contribution is 6.49. The molecule has 0 fully saturated rings. The zero-order valence-corrected chi connectivity index (χ0v) is 44.3. The maximum absolute atomic E-state index is 5.62. The van der Waals surface area contributed by atoms with Gasteiger partial charge in [0, 0.05) is 6.42 Å². The van der Waals surface area contributed by atoms with Crippen molar-refractivity contribution in [2.75, 3.05) is 0 Å². The molecule has 2 heteroatoms. The fourth-order valence-corrected chi connectivity index (χ4v) is 9.34. The summed E-state index contributed by atoms with van der Waals surface area (Å²) in [5, 5.41) is 0. The van der Waals surface area contributed by atoms with Gasteiger partial charge in [0.1, 0.15) is 5.71 Å². The predicted octanol–water partition coefficient (Wildman–Crippen LogP) is 21.3. The summed E-state index contributed by atoms with van der Waals surface area (Å²) in [6.45, 7) is 13.9. The van der Waals surface area contributed by atoms with E-state index in [1.165, 1.54) is 241 Å². The Labute approximate surface area is 406 Å². The summed E-state index contributed by atoms with van der Waals surface area (Å²) in [6.07, 6.45) is 52.9. The molecule has 368 valence electrons. The highest BCUT2D eigenvalue weighted by Crippen LogP contribution is 2.26. The minimum atomic E-state index is 0.916. The van der Waals surface area contributed by atoms with Crippen LogP contribution >= 0.6 is 0 Å². The molecule has 2 rings (SSSR count). The van der Waals surface area contributed by atoms with E-state index in [9.17, 15) is 0 Å². The summed E-state index contributed by atoms with van der Waals surface area (Å²) in [6, 6.07) is 14.5. The van der Waals surface area contributed by atoms with Crippen molar-refractivity contribution < 1.29 is 0 Å². The molecule has 0 saturated carbocycles. The summed E-state index contributed by atoms with van der Waals surface area (Å²) in [4.78, 5) is 11.2. The van der Waals surface area contributed by atoms with E-state index < -0.39 is 0 Å². The molecule has 0 heterocycles. The number of unbranched alkanes of at least 4 members (excludes halogenated alkanes) is 30. The first-order valence-electron chi connectivity index (χ1n) is 29.0. The van der Waals surface area contributed by atoms with Crippen molar-refractivity contribution in [3.8, 4) is 11.8 Å². The Balaban J connectivity index is 2.33. The van der Waals surface area contributed by atoms with Gasteiger partial charge in [-0.1, -0.05) is 246 Å². The molecule has 0 bridgehead atoms. The van der Waals surface area contributed by atoms with Crippen molar-refractivity contribution in [1.82, 2.24) is 0 Å². The summed E-state index contributed by atoms with van der Waals surface area (Å²) in [5.74, 6) is 7.42. The molecule has 0 spiro atoms. The monoisotopic (exact) mass is 891 g/mol. The number of hydrogen-bond acceptors (Lipinski definition) is 2. The van der Waals surface area contributed by atoms with E-state index in [1.807, 2.05) is 0 Å². The zero-order valence-electron chi connectivity index (χ0n) is 44.3. The highest BCUT2D eigenvalue weighted by Gasteiger charge is 2.12. The molecule has 0 aromatic heterocycles. The average molecular weight is 892 g/mol. The Morgan fingerprint density at radius 3 is 0.969 bits per heavy atom. The molecule has 0 radical (unpaired) electrons. The Morgan fingerprint density at radius 1 is 0.323 bits per heavy atom. The lowest BCUT2D eigenvalue weighted by Crippen LogP contribution is -2.13. The van der Waals surface area contributed by atoms with Crippen LogP contribution in [0, 0.1) is 11.8 Å². The van der Waals surface area contributed by atoms with E-state index in [4.69, 9.17) is 9.98 Å². The minimum absolute atomic E-state index is 0.916. The molecule has 0 atom stereocenters. The Hall–Kier alpha value is -2.66. The van der Waals surface area contributed by atoms with Crippen LogP contribution in [-0.2, 0) is 25.7 Å². The first-order valence-corrected chi connectivity index (χ1v) is 29.0. The van der Waals surface area contributed by atoms with Crippen LogP contribution in [0.1, 0.15) is 301 Å². The van der Waals surface area contributed by atoms with Crippen LogP contribution in [0.4, 0.5) is 11.4 Å². The first-order chi connectivity index (χ1) is 32.1. The average Bonchev–Trinajstić information content (AvgIpc) is 3.30. The van der Waals surface area contributed by atoms with E-state index in [0.29, 0.717) is 0 Å². The number of nitrogens with zero attached hydrogens (tertiary/aromatic N) is 2. The van der Waals surface area contributed by atoms with Crippen molar-refractivity contribution >= 4 is 22.8 Å². The van der Waals surface area contributed by atoms with Gasteiger partial charge in [-0.3, -0.25) is 4.99 Å². The van der Waals surface area contributed by atoms with Gasteiger partial charge in [0.15, 0.2) is 0 Å². The largest absolute Gasteiger partial charge is 0.250 e. The number of aliphatic imine (C=N–C) groups is 2. The summed E-state index contributed by atoms with van der Waals surface area (Å²) >= 11 is 0. The molecule has 0 aliphatic rings. The van der Waals surface area contributed by atoms with E-state index in [2.05, 4.69) is 89.8 Å². The van der Waals surface area contributed by atoms with Crippen LogP contribution in [0.3, 0.4) is 0 Å².